The van der Waals surface area contributed by atoms with Crippen LogP contribution in [0.25, 0.3) is 0 Å². The molecule has 13 heavy (non-hydrogen) atoms. The summed E-state index contributed by atoms with van der Waals surface area (Å²) in [5, 5.41) is 5.21. The lowest BCUT2D eigenvalue weighted by Crippen LogP contribution is -2.21. The molecule has 0 aliphatic carbocycles. The lowest BCUT2D eigenvalue weighted by atomic mass is 10.3. The minimum Gasteiger partial charge on any atom is -0.270 e. The van der Waals surface area contributed by atoms with Gasteiger partial charge in [-0.2, -0.15) is 8.42 Å². The SMILES string of the molecule is NS(=O)(=O)Nc1cc(Cl)ccc1Br. The molecule has 0 aliphatic rings. The first-order valence-corrected chi connectivity index (χ1v) is 5.86. The van der Waals surface area contributed by atoms with Crippen molar-refractivity contribution in [3.05, 3.63) is 27.7 Å². The third-order valence-electron chi connectivity index (χ3n) is 1.18. The molecule has 0 saturated carbocycles. The molecule has 0 bridgehead atoms. The van der Waals surface area contributed by atoms with Gasteiger partial charge in [-0.3, -0.25) is 4.72 Å². The summed E-state index contributed by atoms with van der Waals surface area (Å²) in [6, 6.07) is 4.70. The van der Waals surface area contributed by atoms with Gasteiger partial charge in [0.15, 0.2) is 0 Å². The van der Waals surface area contributed by atoms with Crippen LogP contribution in [0.3, 0.4) is 0 Å². The van der Waals surface area contributed by atoms with Crippen molar-refractivity contribution in [1.29, 1.82) is 0 Å². The average Bonchev–Trinajstić information content (AvgIpc) is 1.94. The molecule has 0 aliphatic heterocycles. The second-order valence-electron chi connectivity index (χ2n) is 2.27. The number of hydrogen-bond donors (Lipinski definition) is 2. The van der Waals surface area contributed by atoms with E-state index in [2.05, 4.69) is 20.7 Å². The number of benzene rings is 1. The van der Waals surface area contributed by atoms with Crippen LogP contribution in [0, 0.1) is 0 Å². The van der Waals surface area contributed by atoms with E-state index in [1.54, 1.807) is 12.1 Å². The summed E-state index contributed by atoms with van der Waals surface area (Å²) in [5.74, 6) is 0. The Labute approximate surface area is 89.4 Å². The molecule has 0 aromatic heterocycles. The van der Waals surface area contributed by atoms with Crippen molar-refractivity contribution in [2.45, 2.75) is 0 Å². The molecule has 0 heterocycles. The molecule has 0 radical (unpaired) electrons. The Morgan fingerprint density at radius 2 is 2.08 bits per heavy atom. The Bertz CT molecular complexity index is 421. The minimum absolute atomic E-state index is 0.315. The number of nitrogens with one attached hydrogen (secondary N) is 1. The van der Waals surface area contributed by atoms with Crippen LogP contribution >= 0.6 is 27.5 Å². The Kier molecular flexibility index (Phi) is 3.18. The molecule has 3 N–H and O–H groups in total. The van der Waals surface area contributed by atoms with Crippen LogP contribution in [0.1, 0.15) is 0 Å². The molecule has 1 aromatic rings. The number of nitrogens with two attached hydrogens (primary N) is 1. The van der Waals surface area contributed by atoms with E-state index >= 15 is 0 Å². The minimum atomic E-state index is -3.76. The second kappa shape index (κ2) is 3.83. The maximum Gasteiger partial charge on any atom is 0.296 e. The topological polar surface area (TPSA) is 72.2 Å². The molecule has 0 spiro atoms. The number of rotatable bonds is 2. The highest BCUT2D eigenvalue weighted by Crippen LogP contribution is 2.26. The summed E-state index contributed by atoms with van der Waals surface area (Å²) < 4.78 is 24.0. The highest BCUT2D eigenvalue weighted by molar-refractivity contribution is 9.10. The predicted octanol–water partition coefficient (Wildman–Crippen LogP) is 1.72. The fourth-order valence-corrected chi connectivity index (χ4v) is 1.85. The molecule has 0 saturated heterocycles. The number of hydrogen-bond acceptors (Lipinski definition) is 2. The molecule has 7 heteroatoms. The number of anilines is 1. The van der Waals surface area contributed by atoms with E-state index in [1.165, 1.54) is 6.07 Å². The Morgan fingerprint density at radius 1 is 1.46 bits per heavy atom. The van der Waals surface area contributed by atoms with Crippen molar-refractivity contribution in [1.82, 2.24) is 0 Å². The fraction of sp³-hybridized carbons (Fsp3) is 0. The van der Waals surface area contributed by atoms with Crippen LogP contribution in [-0.2, 0) is 10.2 Å². The zero-order valence-electron chi connectivity index (χ0n) is 6.29. The van der Waals surface area contributed by atoms with Crippen molar-refractivity contribution >= 4 is 43.4 Å². The largest absolute Gasteiger partial charge is 0.296 e. The number of halogens is 2. The van der Waals surface area contributed by atoms with Crippen molar-refractivity contribution in [2.24, 2.45) is 5.14 Å². The highest BCUT2D eigenvalue weighted by atomic mass is 79.9. The van der Waals surface area contributed by atoms with Gasteiger partial charge < -0.3 is 0 Å². The van der Waals surface area contributed by atoms with Gasteiger partial charge in [0.05, 0.1) is 5.69 Å². The first kappa shape index (κ1) is 10.8. The van der Waals surface area contributed by atoms with Crippen LogP contribution in [0.2, 0.25) is 5.02 Å². The molecule has 4 nitrogen and oxygen atoms in total. The first-order valence-electron chi connectivity index (χ1n) is 3.14. The van der Waals surface area contributed by atoms with E-state index in [-0.39, 0.29) is 0 Å². The Hall–Kier alpha value is -0.300. The lowest BCUT2D eigenvalue weighted by molar-refractivity contribution is 0.603. The van der Waals surface area contributed by atoms with Crippen molar-refractivity contribution < 1.29 is 8.42 Å². The third-order valence-corrected chi connectivity index (χ3v) is 2.61. The van der Waals surface area contributed by atoms with E-state index in [0.29, 0.717) is 15.2 Å². The second-order valence-corrected chi connectivity index (χ2v) is 4.86. The zero-order valence-corrected chi connectivity index (χ0v) is 9.45. The highest BCUT2D eigenvalue weighted by Gasteiger charge is 2.06. The molecule has 1 aromatic carbocycles. The fourth-order valence-electron chi connectivity index (χ4n) is 0.729. The summed E-state index contributed by atoms with van der Waals surface area (Å²) >= 11 is 8.79. The van der Waals surface area contributed by atoms with E-state index in [0.717, 1.165) is 0 Å². The molecule has 0 atom stereocenters. The van der Waals surface area contributed by atoms with Crippen molar-refractivity contribution in [2.75, 3.05) is 4.72 Å². The zero-order chi connectivity index (χ0) is 10.1. The van der Waals surface area contributed by atoms with Gasteiger partial charge in [0.25, 0.3) is 10.2 Å². The Morgan fingerprint density at radius 3 is 2.62 bits per heavy atom. The van der Waals surface area contributed by atoms with E-state index in [4.69, 9.17) is 16.7 Å². The predicted molar refractivity (Wildman–Crippen MR) is 55.9 cm³/mol. The normalized spacial score (nSPS) is 11.3. The molecular formula is C6H6BrClN2O2S. The van der Waals surface area contributed by atoms with Crippen LogP contribution in [-0.4, -0.2) is 8.42 Å². The molecule has 1 rings (SSSR count). The van der Waals surface area contributed by atoms with E-state index in [1.807, 2.05) is 0 Å². The van der Waals surface area contributed by atoms with Gasteiger partial charge >= 0.3 is 0 Å². The summed E-state index contributed by atoms with van der Waals surface area (Å²) in [6.45, 7) is 0. The smallest absolute Gasteiger partial charge is 0.270 e. The lowest BCUT2D eigenvalue weighted by Gasteiger charge is -2.05. The Balaban J connectivity index is 3.08. The van der Waals surface area contributed by atoms with Gasteiger partial charge in [-0.25, -0.2) is 5.14 Å². The van der Waals surface area contributed by atoms with Gasteiger partial charge in [0.1, 0.15) is 0 Å². The van der Waals surface area contributed by atoms with E-state index < -0.39 is 10.2 Å². The first-order chi connectivity index (χ1) is 5.88. The van der Waals surface area contributed by atoms with Crippen LogP contribution < -0.4 is 9.86 Å². The van der Waals surface area contributed by atoms with E-state index in [9.17, 15) is 8.42 Å². The molecule has 0 fully saturated rings. The van der Waals surface area contributed by atoms with Crippen molar-refractivity contribution in [3.8, 4) is 0 Å². The molecule has 0 unspecified atom stereocenters. The van der Waals surface area contributed by atoms with Crippen LogP contribution in [0.4, 0.5) is 5.69 Å². The van der Waals surface area contributed by atoms with Gasteiger partial charge in [-0.15, -0.1) is 0 Å². The average molecular weight is 286 g/mol. The van der Waals surface area contributed by atoms with Gasteiger partial charge in [0, 0.05) is 9.50 Å². The van der Waals surface area contributed by atoms with Gasteiger partial charge in [0.2, 0.25) is 0 Å². The maximum atomic E-state index is 10.7. The van der Waals surface area contributed by atoms with Crippen molar-refractivity contribution in [3.63, 3.8) is 0 Å². The third kappa shape index (κ3) is 3.51. The molecule has 72 valence electrons. The summed E-state index contributed by atoms with van der Waals surface area (Å²) in [6.07, 6.45) is 0. The summed E-state index contributed by atoms with van der Waals surface area (Å²) in [5.41, 5.74) is 0.315. The molecular weight excluding hydrogens is 280 g/mol. The van der Waals surface area contributed by atoms with Crippen LogP contribution in [0.5, 0.6) is 0 Å². The van der Waals surface area contributed by atoms with Gasteiger partial charge in [-0.05, 0) is 34.1 Å². The quantitative estimate of drug-likeness (QED) is 0.868. The summed E-state index contributed by atoms with van der Waals surface area (Å²) in [7, 11) is -3.76. The standard InChI is InChI=1S/C6H6BrClN2O2S/c7-5-2-1-4(8)3-6(5)10-13(9,11)12/h1-3,10H,(H2,9,11,12). The maximum absolute atomic E-state index is 10.7. The molecule has 0 amide bonds. The monoisotopic (exact) mass is 284 g/mol. The van der Waals surface area contributed by atoms with Gasteiger partial charge in [-0.1, -0.05) is 11.6 Å². The summed E-state index contributed by atoms with van der Waals surface area (Å²) in [4.78, 5) is 0. The van der Waals surface area contributed by atoms with Crippen LogP contribution in [0.15, 0.2) is 22.7 Å².